The van der Waals surface area contributed by atoms with E-state index in [9.17, 15) is 10.1 Å². The molecule has 0 N–H and O–H groups in total. The summed E-state index contributed by atoms with van der Waals surface area (Å²) in [5, 5.41) is 16.1. The summed E-state index contributed by atoms with van der Waals surface area (Å²) >= 11 is 4.57. The number of nitro groups is 1. The SMILES string of the molecule is Cc1cc(Sc2ccc(Br)cc2[N+](=O)[O-])n(C)n1. The van der Waals surface area contributed by atoms with Crippen molar-refractivity contribution in [1.29, 1.82) is 0 Å². The molecule has 2 rings (SSSR count). The van der Waals surface area contributed by atoms with Gasteiger partial charge in [0.25, 0.3) is 5.69 Å². The molecule has 94 valence electrons. The predicted molar refractivity (Wildman–Crippen MR) is 72.9 cm³/mol. The number of nitrogens with zero attached hydrogens (tertiary/aromatic N) is 3. The van der Waals surface area contributed by atoms with Crippen molar-refractivity contribution in [3.8, 4) is 0 Å². The minimum absolute atomic E-state index is 0.0910. The molecule has 1 heterocycles. The van der Waals surface area contributed by atoms with Crippen LogP contribution in [0.25, 0.3) is 0 Å². The Morgan fingerprint density at radius 3 is 2.72 bits per heavy atom. The van der Waals surface area contributed by atoms with E-state index in [1.54, 1.807) is 16.8 Å². The Kier molecular flexibility index (Phi) is 3.72. The molecule has 0 atom stereocenters. The molecule has 0 spiro atoms. The highest BCUT2D eigenvalue weighted by Crippen LogP contribution is 2.36. The van der Waals surface area contributed by atoms with Gasteiger partial charge in [-0.2, -0.15) is 5.10 Å². The van der Waals surface area contributed by atoms with Gasteiger partial charge in [0.1, 0.15) is 0 Å². The molecule has 0 unspecified atom stereocenters. The maximum absolute atomic E-state index is 11.0. The largest absolute Gasteiger partial charge is 0.284 e. The number of rotatable bonds is 3. The number of aromatic nitrogens is 2. The second-order valence-corrected chi connectivity index (χ2v) is 5.70. The molecule has 0 aliphatic rings. The zero-order valence-corrected chi connectivity index (χ0v) is 12.2. The van der Waals surface area contributed by atoms with Crippen LogP contribution in [0.1, 0.15) is 5.69 Å². The van der Waals surface area contributed by atoms with Crippen LogP contribution in [0.3, 0.4) is 0 Å². The number of hydrogen-bond donors (Lipinski definition) is 0. The molecule has 0 radical (unpaired) electrons. The van der Waals surface area contributed by atoms with Crippen molar-refractivity contribution in [3.63, 3.8) is 0 Å². The summed E-state index contributed by atoms with van der Waals surface area (Å²) in [5.41, 5.74) is 0.980. The zero-order chi connectivity index (χ0) is 13.3. The van der Waals surface area contributed by atoms with E-state index in [1.807, 2.05) is 20.0 Å². The van der Waals surface area contributed by atoms with Gasteiger partial charge in [0.15, 0.2) is 0 Å². The quantitative estimate of drug-likeness (QED) is 0.638. The van der Waals surface area contributed by atoms with Gasteiger partial charge >= 0.3 is 0 Å². The molecule has 7 heteroatoms. The fraction of sp³-hybridized carbons (Fsp3) is 0.182. The second-order valence-electron chi connectivity index (χ2n) is 3.72. The molecular formula is C11H10BrN3O2S. The fourth-order valence-electron chi connectivity index (χ4n) is 1.51. The summed E-state index contributed by atoms with van der Waals surface area (Å²) in [6.07, 6.45) is 0. The van der Waals surface area contributed by atoms with Crippen LogP contribution >= 0.6 is 27.7 Å². The smallest absolute Gasteiger partial charge is 0.262 e. The predicted octanol–water partition coefficient (Wildman–Crippen LogP) is 3.55. The molecule has 18 heavy (non-hydrogen) atoms. The van der Waals surface area contributed by atoms with E-state index >= 15 is 0 Å². The minimum atomic E-state index is -0.379. The van der Waals surface area contributed by atoms with Crippen LogP contribution in [-0.4, -0.2) is 14.7 Å². The van der Waals surface area contributed by atoms with E-state index < -0.39 is 0 Å². The Hall–Kier alpha value is -1.34. The van der Waals surface area contributed by atoms with Crippen molar-refractivity contribution in [2.24, 2.45) is 7.05 Å². The third-order valence-corrected chi connectivity index (χ3v) is 3.94. The summed E-state index contributed by atoms with van der Waals surface area (Å²) in [7, 11) is 1.82. The molecular weight excluding hydrogens is 318 g/mol. The average Bonchev–Trinajstić information content (AvgIpc) is 2.60. The number of benzene rings is 1. The summed E-state index contributed by atoms with van der Waals surface area (Å²) in [4.78, 5) is 11.2. The van der Waals surface area contributed by atoms with Gasteiger partial charge in [0, 0.05) is 17.6 Å². The third kappa shape index (κ3) is 2.73. The summed E-state index contributed by atoms with van der Waals surface area (Å²) in [6, 6.07) is 6.93. The van der Waals surface area contributed by atoms with Gasteiger partial charge in [-0.15, -0.1) is 0 Å². The van der Waals surface area contributed by atoms with Crippen molar-refractivity contribution in [3.05, 3.63) is 44.5 Å². The van der Waals surface area contributed by atoms with Crippen LogP contribution in [0.15, 0.2) is 38.7 Å². The van der Waals surface area contributed by atoms with E-state index in [0.29, 0.717) is 9.37 Å². The van der Waals surface area contributed by atoms with E-state index in [-0.39, 0.29) is 10.6 Å². The monoisotopic (exact) mass is 327 g/mol. The van der Waals surface area contributed by atoms with Crippen LogP contribution in [0.4, 0.5) is 5.69 Å². The maximum atomic E-state index is 11.0. The first-order valence-corrected chi connectivity index (χ1v) is 6.71. The van der Waals surface area contributed by atoms with Crippen molar-refractivity contribution < 1.29 is 4.92 Å². The van der Waals surface area contributed by atoms with Crippen LogP contribution in [-0.2, 0) is 7.05 Å². The van der Waals surface area contributed by atoms with Crippen molar-refractivity contribution in [2.45, 2.75) is 16.8 Å². The standard InChI is InChI=1S/C11H10BrN3O2S/c1-7-5-11(14(2)13-7)18-10-4-3-8(12)6-9(10)15(16)17/h3-6H,1-2H3. The highest BCUT2D eigenvalue weighted by Gasteiger charge is 2.16. The molecule has 0 amide bonds. The Labute approximate surface area is 116 Å². The molecule has 1 aromatic heterocycles. The van der Waals surface area contributed by atoms with E-state index in [0.717, 1.165) is 10.7 Å². The zero-order valence-electron chi connectivity index (χ0n) is 9.75. The summed E-state index contributed by atoms with van der Waals surface area (Å²) in [6.45, 7) is 1.89. The molecule has 5 nitrogen and oxygen atoms in total. The minimum Gasteiger partial charge on any atom is -0.262 e. The van der Waals surface area contributed by atoms with E-state index in [1.165, 1.54) is 17.8 Å². The molecule has 0 bridgehead atoms. The fourth-order valence-corrected chi connectivity index (χ4v) is 2.87. The van der Waals surface area contributed by atoms with Crippen molar-refractivity contribution in [1.82, 2.24) is 9.78 Å². The lowest BCUT2D eigenvalue weighted by atomic mass is 10.3. The number of aryl methyl sites for hydroxylation is 2. The summed E-state index contributed by atoms with van der Waals surface area (Å²) < 4.78 is 2.41. The first kappa shape index (κ1) is 13.1. The van der Waals surface area contributed by atoms with E-state index in [2.05, 4.69) is 21.0 Å². The maximum Gasteiger partial charge on any atom is 0.284 e. The third-order valence-electron chi connectivity index (χ3n) is 2.29. The Morgan fingerprint density at radius 1 is 1.44 bits per heavy atom. The highest BCUT2D eigenvalue weighted by atomic mass is 79.9. The second kappa shape index (κ2) is 5.11. The van der Waals surface area contributed by atoms with Gasteiger partial charge < -0.3 is 0 Å². The average molecular weight is 328 g/mol. The topological polar surface area (TPSA) is 61.0 Å². The summed E-state index contributed by atoms with van der Waals surface area (Å²) in [5.74, 6) is 0. The van der Waals surface area contributed by atoms with Gasteiger partial charge in [-0.3, -0.25) is 14.8 Å². The van der Waals surface area contributed by atoms with Gasteiger partial charge in [0.2, 0.25) is 0 Å². The van der Waals surface area contributed by atoms with Crippen LogP contribution in [0.2, 0.25) is 0 Å². The van der Waals surface area contributed by atoms with Crippen molar-refractivity contribution in [2.75, 3.05) is 0 Å². The molecule has 0 aliphatic heterocycles. The Balaban J connectivity index is 2.40. The lowest BCUT2D eigenvalue weighted by molar-refractivity contribution is -0.387. The first-order valence-electron chi connectivity index (χ1n) is 5.10. The van der Waals surface area contributed by atoms with Crippen LogP contribution in [0, 0.1) is 17.0 Å². The molecule has 0 fully saturated rings. The highest BCUT2D eigenvalue weighted by molar-refractivity contribution is 9.10. The van der Waals surface area contributed by atoms with Gasteiger partial charge in [-0.25, -0.2) is 0 Å². The normalized spacial score (nSPS) is 10.6. The lowest BCUT2D eigenvalue weighted by Crippen LogP contribution is -1.94. The number of nitro benzene ring substituents is 1. The first-order chi connectivity index (χ1) is 8.47. The molecule has 0 saturated carbocycles. The van der Waals surface area contributed by atoms with Gasteiger partial charge in [-0.05, 0) is 25.1 Å². The Bertz CT molecular complexity index is 612. The number of halogens is 1. The van der Waals surface area contributed by atoms with Gasteiger partial charge in [0.05, 0.1) is 20.5 Å². The van der Waals surface area contributed by atoms with Crippen LogP contribution < -0.4 is 0 Å². The molecule has 1 aromatic carbocycles. The van der Waals surface area contributed by atoms with Gasteiger partial charge in [-0.1, -0.05) is 27.7 Å². The number of hydrogen-bond acceptors (Lipinski definition) is 4. The van der Waals surface area contributed by atoms with Crippen LogP contribution in [0.5, 0.6) is 0 Å². The van der Waals surface area contributed by atoms with E-state index in [4.69, 9.17) is 0 Å². The molecule has 0 saturated heterocycles. The molecule has 0 aliphatic carbocycles. The Morgan fingerprint density at radius 2 is 2.17 bits per heavy atom. The lowest BCUT2D eigenvalue weighted by Gasteiger charge is -2.03. The van der Waals surface area contributed by atoms with Crippen molar-refractivity contribution >= 4 is 33.4 Å². The molecule has 2 aromatic rings.